The van der Waals surface area contributed by atoms with E-state index in [4.69, 9.17) is 9.47 Å². The lowest BCUT2D eigenvalue weighted by molar-refractivity contribution is -0.135. The number of hydrogen-bond donors (Lipinski definition) is 1. The van der Waals surface area contributed by atoms with Gasteiger partial charge in [0.05, 0.1) is 39.2 Å². The highest BCUT2D eigenvalue weighted by Crippen LogP contribution is 2.69. The van der Waals surface area contributed by atoms with Gasteiger partial charge in [0.2, 0.25) is 0 Å². The molecule has 0 saturated heterocycles. The van der Waals surface area contributed by atoms with Gasteiger partial charge in [-0.3, -0.25) is 4.79 Å². The van der Waals surface area contributed by atoms with Crippen molar-refractivity contribution in [3.8, 4) is 0 Å². The standard InChI is InChI=1S/C27H40FN3O4/c1-25-8-5-20(32)17-19(25)3-4-21-22(25)6-9-26(2)23(21)7-10-27(26,33)24-18-31(30-29-24)12-14-35-16-15-34-13-11-28/h17-18,21-23,33H,3-16H2,1-2H3/t21-,22+,23+,25+,26+,27-/m1/s1/i28-1. The van der Waals surface area contributed by atoms with Gasteiger partial charge < -0.3 is 14.6 Å². The number of rotatable bonds is 9. The summed E-state index contributed by atoms with van der Waals surface area (Å²) < 4.78 is 24.4. The van der Waals surface area contributed by atoms with Gasteiger partial charge in [-0.05, 0) is 74.2 Å². The van der Waals surface area contributed by atoms with Crippen molar-refractivity contribution in [2.24, 2.45) is 28.6 Å². The van der Waals surface area contributed by atoms with Gasteiger partial charge in [0.25, 0.3) is 0 Å². The predicted octanol–water partition coefficient (Wildman–Crippen LogP) is 4.00. The number of ketones is 1. The molecule has 3 saturated carbocycles. The summed E-state index contributed by atoms with van der Waals surface area (Å²) in [5, 5.41) is 20.8. The van der Waals surface area contributed by atoms with Crippen LogP contribution in [0.25, 0.3) is 0 Å². The molecule has 6 atom stereocenters. The second-order valence-electron chi connectivity index (χ2n) is 11.6. The van der Waals surface area contributed by atoms with E-state index in [0.717, 1.165) is 44.9 Å². The van der Waals surface area contributed by atoms with Gasteiger partial charge in [0.1, 0.15) is 18.0 Å². The van der Waals surface area contributed by atoms with Crippen molar-refractivity contribution in [2.45, 2.75) is 77.4 Å². The predicted molar refractivity (Wildman–Crippen MR) is 128 cm³/mol. The molecule has 4 aliphatic carbocycles. The number of carbonyl (C=O) groups is 1. The first kappa shape index (κ1) is 25.0. The molecule has 0 aromatic carbocycles. The Kier molecular flexibility index (Phi) is 6.92. The molecular formula is C27H40FN3O4. The fourth-order valence-corrected chi connectivity index (χ4v) is 8.13. The minimum Gasteiger partial charge on any atom is -0.383 e. The molecule has 1 aromatic rings. The minimum atomic E-state index is -0.971. The molecule has 7 nitrogen and oxygen atoms in total. The van der Waals surface area contributed by atoms with Gasteiger partial charge in [-0.2, -0.15) is 0 Å². The molecule has 1 heterocycles. The minimum absolute atomic E-state index is 0.104. The molecule has 194 valence electrons. The second-order valence-corrected chi connectivity index (χ2v) is 11.6. The summed E-state index contributed by atoms with van der Waals surface area (Å²) in [5.74, 6) is 1.93. The molecule has 0 amide bonds. The highest BCUT2D eigenvalue weighted by Gasteiger charge is 2.65. The zero-order valence-electron chi connectivity index (χ0n) is 21.2. The van der Waals surface area contributed by atoms with Crippen LogP contribution in [0, 0.1) is 28.6 Å². The Balaban J connectivity index is 1.26. The maximum atomic E-state index is 12.1. The highest BCUT2D eigenvalue weighted by atomic mass is 18.2. The summed E-state index contributed by atoms with van der Waals surface area (Å²) in [5.41, 5.74) is 1.01. The van der Waals surface area contributed by atoms with Crippen molar-refractivity contribution < 1.29 is 23.8 Å². The van der Waals surface area contributed by atoms with Crippen LogP contribution < -0.4 is 0 Å². The molecule has 4 aliphatic rings. The van der Waals surface area contributed by atoms with Crippen LogP contribution >= 0.6 is 0 Å². The Hall–Kier alpha value is -1.64. The number of halogens is 1. The summed E-state index contributed by atoms with van der Waals surface area (Å²) in [6.45, 7) is 6.09. The number of carbonyl (C=O) groups excluding carboxylic acids is 1. The van der Waals surface area contributed by atoms with E-state index in [1.807, 2.05) is 12.3 Å². The summed E-state index contributed by atoms with van der Waals surface area (Å²) in [6, 6.07) is 0. The third-order valence-corrected chi connectivity index (χ3v) is 10.1. The average molecular weight is 489 g/mol. The van der Waals surface area contributed by atoms with Gasteiger partial charge in [0, 0.05) is 11.8 Å². The number of fused-ring (bicyclic) bond motifs is 5. The molecule has 0 spiro atoms. The zero-order valence-corrected chi connectivity index (χ0v) is 21.2. The van der Waals surface area contributed by atoms with Gasteiger partial charge in [0.15, 0.2) is 5.78 Å². The number of nitrogens with zero attached hydrogens (tertiary/aromatic N) is 3. The number of hydrogen-bond acceptors (Lipinski definition) is 6. The molecule has 5 rings (SSSR count). The zero-order chi connectivity index (χ0) is 24.7. The smallest absolute Gasteiger partial charge is 0.155 e. The van der Waals surface area contributed by atoms with Crippen molar-refractivity contribution in [3.63, 3.8) is 0 Å². The third-order valence-electron chi connectivity index (χ3n) is 10.1. The second kappa shape index (κ2) is 9.67. The van der Waals surface area contributed by atoms with Crippen molar-refractivity contribution in [2.75, 3.05) is 33.1 Å². The summed E-state index contributed by atoms with van der Waals surface area (Å²) in [7, 11) is 0. The van der Waals surface area contributed by atoms with Crippen LogP contribution in [0.2, 0.25) is 0 Å². The number of alkyl halides is 1. The lowest BCUT2D eigenvalue weighted by Gasteiger charge is -2.59. The van der Waals surface area contributed by atoms with E-state index in [1.165, 1.54) is 5.57 Å². The van der Waals surface area contributed by atoms with Crippen LogP contribution in [-0.4, -0.2) is 59.0 Å². The van der Waals surface area contributed by atoms with E-state index in [-0.39, 0.29) is 17.4 Å². The van der Waals surface area contributed by atoms with Crippen molar-refractivity contribution in [1.82, 2.24) is 15.0 Å². The lowest BCUT2D eigenvalue weighted by Crippen LogP contribution is -2.53. The lowest BCUT2D eigenvalue weighted by atomic mass is 9.46. The molecule has 8 heteroatoms. The number of aliphatic hydroxyl groups is 1. The van der Waals surface area contributed by atoms with E-state index >= 15 is 0 Å². The molecular weight excluding hydrogens is 448 g/mol. The van der Waals surface area contributed by atoms with Gasteiger partial charge in [-0.1, -0.05) is 24.6 Å². The Labute approximate surface area is 207 Å². The maximum absolute atomic E-state index is 12.1. The molecule has 0 aliphatic heterocycles. The Morgan fingerprint density at radius 3 is 2.63 bits per heavy atom. The Bertz CT molecular complexity index is 966. The van der Waals surface area contributed by atoms with Gasteiger partial charge >= 0.3 is 0 Å². The highest BCUT2D eigenvalue weighted by molar-refractivity contribution is 5.91. The van der Waals surface area contributed by atoms with E-state index in [1.54, 1.807) is 4.68 Å². The maximum Gasteiger partial charge on any atom is 0.155 e. The van der Waals surface area contributed by atoms with Crippen LogP contribution in [0.4, 0.5) is 4.39 Å². The number of allylic oxidation sites excluding steroid dienone is 1. The molecule has 1 N–H and O–H groups in total. The van der Waals surface area contributed by atoms with Crippen molar-refractivity contribution in [1.29, 1.82) is 0 Å². The molecule has 0 radical (unpaired) electrons. The average Bonchev–Trinajstić information content (AvgIpc) is 3.42. The number of aromatic nitrogens is 3. The van der Waals surface area contributed by atoms with Crippen LogP contribution in [0.1, 0.15) is 70.9 Å². The van der Waals surface area contributed by atoms with Crippen LogP contribution in [0.15, 0.2) is 17.8 Å². The van der Waals surface area contributed by atoms with Crippen molar-refractivity contribution in [3.05, 3.63) is 23.5 Å². The quantitative estimate of drug-likeness (QED) is 0.529. The largest absolute Gasteiger partial charge is 0.383 e. The van der Waals surface area contributed by atoms with Gasteiger partial charge in [-0.25, -0.2) is 9.07 Å². The van der Waals surface area contributed by atoms with E-state index in [2.05, 4.69) is 24.2 Å². The first-order chi connectivity index (χ1) is 16.8. The van der Waals surface area contributed by atoms with Crippen LogP contribution in [0.3, 0.4) is 0 Å². The van der Waals surface area contributed by atoms with Crippen molar-refractivity contribution >= 4 is 5.78 Å². The van der Waals surface area contributed by atoms with E-state index in [9.17, 15) is 14.3 Å². The normalized spacial score (nSPS) is 38.6. The number of ether oxygens (including phenoxy) is 2. The topological polar surface area (TPSA) is 86.5 Å². The fourth-order valence-electron chi connectivity index (χ4n) is 8.13. The van der Waals surface area contributed by atoms with Crippen LogP contribution in [-0.2, 0) is 26.4 Å². The Morgan fingerprint density at radius 1 is 1.06 bits per heavy atom. The molecule has 0 bridgehead atoms. The summed E-state index contributed by atoms with van der Waals surface area (Å²) in [4.78, 5) is 12.1. The summed E-state index contributed by atoms with van der Waals surface area (Å²) >= 11 is 0. The monoisotopic (exact) mass is 488 g/mol. The molecule has 3 fully saturated rings. The Morgan fingerprint density at radius 2 is 1.83 bits per heavy atom. The first-order valence-electron chi connectivity index (χ1n) is 13.4. The first-order valence-corrected chi connectivity index (χ1v) is 13.4. The van der Waals surface area contributed by atoms with E-state index < -0.39 is 12.3 Å². The molecule has 35 heavy (non-hydrogen) atoms. The summed E-state index contributed by atoms with van der Waals surface area (Å²) in [6.07, 6.45) is 11.4. The SMILES string of the molecule is C[C@]12CCC(=O)C=C1CC[C@@H]1[C@@H]2CC[C@@]2(C)[C@H]1CC[C@@]2(O)c1cn(CCOCCOCC[18F])nn1. The third kappa shape index (κ3) is 4.19. The molecule has 1 aromatic heterocycles. The fraction of sp³-hybridized carbons (Fsp3) is 0.815. The van der Waals surface area contributed by atoms with Gasteiger partial charge in [-0.15, -0.1) is 5.10 Å². The molecule has 0 unspecified atom stereocenters. The van der Waals surface area contributed by atoms with E-state index in [0.29, 0.717) is 62.0 Å². The van der Waals surface area contributed by atoms with Crippen LogP contribution in [0.5, 0.6) is 0 Å².